The molecule has 9 heteroatoms. The van der Waals surface area contributed by atoms with Gasteiger partial charge in [0.2, 0.25) is 0 Å². The molecule has 2 aromatic rings. The maximum atomic E-state index is 12.8. The molecule has 1 aliphatic carbocycles. The summed E-state index contributed by atoms with van der Waals surface area (Å²) < 4.78 is 29.7. The van der Waals surface area contributed by atoms with Crippen LogP contribution in [0, 0.1) is 11.3 Å². The van der Waals surface area contributed by atoms with Gasteiger partial charge in [-0.3, -0.25) is 9.78 Å². The molecule has 1 aromatic carbocycles. The van der Waals surface area contributed by atoms with Crippen molar-refractivity contribution in [3.05, 3.63) is 30.5 Å². The van der Waals surface area contributed by atoms with E-state index in [0.29, 0.717) is 24.0 Å². The molecule has 148 valence electrons. The molecule has 1 saturated heterocycles. The van der Waals surface area contributed by atoms with Gasteiger partial charge in [0.05, 0.1) is 11.1 Å². The van der Waals surface area contributed by atoms with Gasteiger partial charge in [0.15, 0.2) is 5.75 Å². The molecule has 7 nitrogen and oxygen atoms in total. The molecular formula is C19H19F2N3O4. The standard InChI is InChI=1S/C19H19F2N3O4/c20-17(21)28-14-6-5-13(12-4-2-8-22-15(12)14)23-18(27)24-9-11-3-1-7-19(11,10-24)16(25)26/h2,4-6,8,11,17H,1,3,7,9-10H2,(H,23,27)(H,25,26)/t11-,19+/m0/s1. The minimum atomic E-state index is -2.98. The summed E-state index contributed by atoms with van der Waals surface area (Å²) >= 11 is 0. The number of carboxylic acids is 1. The number of anilines is 1. The number of nitrogens with one attached hydrogen (secondary N) is 1. The molecule has 2 heterocycles. The molecule has 1 aliphatic heterocycles. The van der Waals surface area contributed by atoms with E-state index >= 15 is 0 Å². The number of nitrogens with zero attached hydrogens (tertiary/aromatic N) is 2. The number of hydrogen-bond donors (Lipinski definition) is 2. The third-order valence-electron chi connectivity index (χ3n) is 5.77. The van der Waals surface area contributed by atoms with Crippen molar-refractivity contribution in [2.24, 2.45) is 11.3 Å². The number of ether oxygens (including phenoxy) is 1. The molecule has 2 amide bonds. The Balaban J connectivity index is 1.57. The molecule has 2 atom stereocenters. The summed E-state index contributed by atoms with van der Waals surface area (Å²) in [7, 11) is 0. The first-order valence-electron chi connectivity index (χ1n) is 9.02. The van der Waals surface area contributed by atoms with Crippen LogP contribution in [0.3, 0.4) is 0 Å². The summed E-state index contributed by atoms with van der Waals surface area (Å²) in [6.45, 7) is -2.43. The van der Waals surface area contributed by atoms with E-state index in [9.17, 15) is 23.5 Å². The van der Waals surface area contributed by atoms with Crippen LogP contribution in [0.2, 0.25) is 0 Å². The highest BCUT2D eigenvalue weighted by Crippen LogP contribution is 2.49. The van der Waals surface area contributed by atoms with Crippen molar-refractivity contribution in [2.45, 2.75) is 25.9 Å². The number of aliphatic carboxylic acids is 1. The number of urea groups is 1. The number of carbonyl (C=O) groups is 2. The number of carbonyl (C=O) groups excluding carboxylic acids is 1. The van der Waals surface area contributed by atoms with Gasteiger partial charge in [-0.15, -0.1) is 0 Å². The zero-order valence-electron chi connectivity index (χ0n) is 14.9. The highest BCUT2D eigenvalue weighted by atomic mass is 19.3. The largest absolute Gasteiger partial charge is 0.481 e. The fourth-order valence-electron chi connectivity index (χ4n) is 4.43. The Morgan fingerprint density at radius 3 is 2.89 bits per heavy atom. The summed E-state index contributed by atoms with van der Waals surface area (Å²) in [5, 5.41) is 12.9. The highest BCUT2D eigenvalue weighted by Gasteiger charge is 2.55. The maximum Gasteiger partial charge on any atom is 0.387 e. The highest BCUT2D eigenvalue weighted by molar-refractivity contribution is 6.02. The zero-order chi connectivity index (χ0) is 19.9. The van der Waals surface area contributed by atoms with E-state index in [0.717, 1.165) is 12.8 Å². The fraction of sp³-hybridized carbons (Fsp3) is 0.421. The predicted molar refractivity (Wildman–Crippen MR) is 96.4 cm³/mol. The van der Waals surface area contributed by atoms with Crippen LogP contribution in [-0.4, -0.2) is 46.7 Å². The summed E-state index contributed by atoms with van der Waals surface area (Å²) in [5.74, 6) is -0.978. The van der Waals surface area contributed by atoms with Gasteiger partial charge in [-0.25, -0.2) is 4.79 Å². The van der Waals surface area contributed by atoms with Crippen LogP contribution in [0.4, 0.5) is 19.3 Å². The third kappa shape index (κ3) is 3.00. The average molecular weight is 391 g/mol. The molecule has 2 fully saturated rings. The lowest BCUT2D eigenvalue weighted by molar-refractivity contribution is -0.149. The van der Waals surface area contributed by atoms with Gasteiger partial charge >= 0.3 is 18.6 Å². The van der Waals surface area contributed by atoms with E-state index in [-0.39, 0.29) is 23.7 Å². The first-order chi connectivity index (χ1) is 13.4. The van der Waals surface area contributed by atoms with Gasteiger partial charge in [0, 0.05) is 24.7 Å². The molecule has 2 N–H and O–H groups in total. The van der Waals surface area contributed by atoms with Gasteiger partial charge in [-0.1, -0.05) is 6.42 Å². The Hall–Kier alpha value is -2.97. The van der Waals surface area contributed by atoms with Crippen LogP contribution < -0.4 is 10.1 Å². The second-order valence-corrected chi connectivity index (χ2v) is 7.25. The second kappa shape index (κ2) is 6.88. The summed E-state index contributed by atoms with van der Waals surface area (Å²) in [4.78, 5) is 30.2. The average Bonchev–Trinajstić information content (AvgIpc) is 3.22. The molecule has 0 spiro atoms. The first-order valence-corrected chi connectivity index (χ1v) is 9.02. The second-order valence-electron chi connectivity index (χ2n) is 7.25. The molecule has 2 aliphatic rings. The SMILES string of the molecule is O=C(Nc1ccc(OC(F)F)c2ncccc12)N1C[C@@H]2CCC[C@@]2(C(=O)O)C1. The van der Waals surface area contributed by atoms with Gasteiger partial charge in [0.1, 0.15) is 5.52 Å². The number of benzene rings is 1. The summed E-state index contributed by atoms with van der Waals surface area (Å²) in [5.41, 5.74) is -0.257. The Kier molecular flexibility index (Phi) is 4.52. The molecular weight excluding hydrogens is 372 g/mol. The van der Waals surface area contributed by atoms with Crippen LogP contribution in [0.15, 0.2) is 30.5 Å². The number of fused-ring (bicyclic) bond motifs is 2. The number of aromatic nitrogens is 1. The van der Waals surface area contributed by atoms with Crippen molar-refractivity contribution in [1.82, 2.24) is 9.88 Å². The van der Waals surface area contributed by atoms with Gasteiger partial charge in [-0.05, 0) is 43.0 Å². The minimum Gasteiger partial charge on any atom is -0.481 e. The number of likely N-dealkylation sites (tertiary alicyclic amines) is 1. The van der Waals surface area contributed by atoms with Crippen LogP contribution in [0.1, 0.15) is 19.3 Å². The molecule has 0 unspecified atom stereocenters. The topological polar surface area (TPSA) is 91.8 Å². The normalized spacial score (nSPS) is 23.8. The van der Waals surface area contributed by atoms with Crippen LogP contribution in [0.25, 0.3) is 10.9 Å². The molecule has 1 saturated carbocycles. The van der Waals surface area contributed by atoms with Crippen molar-refractivity contribution < 1.29 is 28.2 Å². The first kappa shape index (κ1) is 18.4. The molecule has 28 heavy (non-hydrogen) atoms. The molecule has 4 rings (SSSR count). The van der Waals surface area contributed by atoms with Crippen LogP contribution in [0.5, 0.6) is 5.75 Å². The van der Waals surface area contributed by atoms with Crippen molar-refractivity contribution >= 4 is 28.6 Å². The van der Waals surface area contributed by atoms with Crippen molar-refractivity contribution in [2.75, 3.05) is 18.4 Å². The predicted octanol–water partition coefficient (Wildman–Crippen LogP) is 3.55. The quantitative estimate of drug-likeness (QED) is 0.832. The Morgan fingerprint density at radius 1 is 1.36 bits per heavy atom. The fourth-order valence-corrected chi connectivity index (χ4v) is 4.43. The molecule has 0 radical (unpaired) electrons. The number of halogens is 2. The van der Waals surface area contributed by atoms with E-state index in [1.807, 2.05) is 0 Å². The molecule has 1 aromatic heterocycles. The number of alkyl halides is 2. The lowest BCUT2D eigenvalue weighted by Crippen LogP contribution is -2.38. The van der Waals surface area contributed by atoms with E-state index in [2.05, 4.69) is 15.0 Å². The van der Waals surface area contributed by atoms with Crippen molar-refractivity contribution in [3.63, 3.8) is 0 Å². The summed E-state index contributed by atoms with van der Waals surface area (Å²) in [6.07, 6.45) is 3.67. The van der Waals surface area contributed by atoms with Gasteiger partial charge in [-0.2, -0.15) is 8.78 Å². The Labute approximate surface area is 159 Å². The molecule has 0 bridgehead atoms. The van der Waals surface area contributed by atoms with Crippen molar-refractivity contribution in [1.29, 1.82) is 0 Å². The van der Waals surface area contributed by atoms with Crippen LogP contribution in [-0.2, 0) is 4.79 Å². The maximum absolute atomic E-state index is 12.8. The van der Waals surface area contributed by atoms with E-state index in [4.69, 9.17) is 0 Å². The zero-order valence-corrected chi connectivity index (χ0v) is 14.9. The van der Waals surface area contributed by atoms with E-state index in [1.54, 1.807) is 12.1 Å². The van der Waals surface area contributed by atoms with Crippen molar-refractivity contribution in [3.8, 4) is 5.75 Å². The van der Waals surface area contributed by atoms with Gasteiger partial charge in [0.25, 0.3) is 0 Å². The number of rotatable bonds is 4. The lowest BCUT2D eigenvalue weighted by atomic mass is 9.81. The number of pyridine rings is 1. The monoisotopic (exact) mass is 391 g/mol. The van der Waals surface area contributed by atoms with E-state index in [1.165, 1.54) is 23.2 Å². The van der Waals surface area contributed by atoms with Gasteiger partial charge < -0.3 is 20.1 Å². The van der Waals surface area contributed by atoms with E-state index < -0.39 is 24.0 Å². The Bertz CT molecular complexity index is 939. The smallest absolute Gasteiger partial charge is 0.387 e. The third-order valence-corrected chi connectivity index (χ3v) is 5.77. The number of amides is 2. The number of hydrogen-bond acceptors (Lipinski definition) is 4. The Morgan fingerprint density at radius 2 is 2.18 bits per heavy atom. The van der Waals surface area contributed by atoms with Crippen LogP contribution >= 0.6 is 0 Å². The number of carboxylic acid groups (broad SMARTS) is 1. The minimum absolute atomic E-state index is 0.0454. The summed E-state index contributed by atoms with van der Waals surface area (Å²) in [6, 6.07) is 5.66. The lowest BCUT2D eigenvalue weighted by Gasteiger charge is -2.23.